The molecule has 1 heterocycles. The second kappa shape index (κ2) is 8.17. The molecule has 2 aromatic rings. The van der Waals surface area contributed by atoms with Crippen LogP contribution < -0.4 is 4.74 Å². The summed E-state index contributed by atoms with van der Waals surface area (Å²) in [6, 6.07) is 13.9. The van der Waals surface area contributed by atoms with E-state index in [0.29, 0.717) is 25.5 Å². The molecule has 110 valence electrons. The molecule has 0 atom stereocenters. The number of hydrogen-bond donors (Lipinski definition) is 0. The molecule has 2 rings (SSSR count). The Labute approximate surface area is 124 Å². The average Bonchev–Trinajstić information content (AvgIpc) is 2.55. The minimum atomic E-state index is 0.0975. The van der Waals surface area contributed by atoms with Gasteiger partial charge in [-0.05, 0) is 11.6 Å². The molecule has 4 nitrogen and oxygen atoms in total. The van der Waals surface area contributed by atoms with Crippen LogP contribution in [0.4, 0.5) is 0 Å². The van der Waals surface area contributed by atoms with Gasteiger partial charge in [0.1, 0.15) is 13.2 Å². The van der Waals surface area contributed by atoms with E-state index in [4.69, 9.17) is 9.47 Å². The van der Waals surface area contributed by atoms with Gasteiger partial charge in [-0.1, -0.05) is 37.3 Å². The Morgan fingerprint density at radius 1 is 1.05 bits per heavy atom. The lowest BCUT2D eigenvalue weighted by Gasteiger charge is -2.07. The quantitative estimate of drug-likeness (QED) is 0.699. The summed E-state index contributed by atoms with van der Waals surface area (Å²) < 4.78 is 10.7. The van der Waals surface area contributed by atoms with Gasteiger partial charge in [0.05, 0.1) is 6.61 Å². The number of nitrogens with zero attached hydrogens (tertiary/aromatic N) is 1. The van der Waals surface area contributed by atoms with Gasteiger partial charge in [0, 0.05) is 24.2 Å². The van der Waals surface area contributed by atoms with Gasteiger partial charge in [-0.15, -0.1) is 0 Å². The van der Waals surface area contributed by atoms with E-state index in [2.05, 4.69) is 4.98 Å². The maximum Gasteiger partial charge on any atom is 0.213 e. The Morgan fingerprint density at radius 3 is 2.52 bits per heavy atom. The van der Waals surface area contributed by atoms with Crippen molar-refractivity contribution in [3.8, 4) is 17.0 Å². The van der Waals surface area contributed by atoms with Crippen LogP contribution in [0.3, 0.4) is 0 Å². The predicted octanol–water partition coefficient (Wildman–Crippen LogP) is 3.12. The van der Waals surface area contributed by atoms with E-state index in [1.165, 1.54) is 0 Å². The number of carbonyl (C=O) groups excluding carboxylic acids is 1. The first kappa shape index (κ1) is 15.2. The Hall–Kier alpha value is -2.20. The van der Waals surface area contributed by atoms with Crippen LogP contribution in [0.2, 0.25) is 0 Å². The van der Waals surface area contributed by atoms with Gasteiger partial charge in [-0.2, -0.15) is 0 Å². The molecule has 0 N–H and O–H groups in total. The maximum atomic E-state index is 11.0. The molecule has 0 aliphatic carbocycles. The first-order valence-corrected chi connectivity index (χ1v) is 7.03. The third kappa shape index (κ3) is 5.00. The summed E-state index contributed by atoms with van der Waals surface area (Å²) in [7, 11) is 0. The van der Waals surface area contributed by atoms with Crippen molar-refractivity contribution in [2.24, 2.45) is 0 Å². The zero-order valence-corrected chi connectivity index (χ0v) is 12.1. The van der Waals surface area contributed by atoms with E-state index in [0.717, 1.165) is 11.1 Å². The van der Waals surface area contributed by atoms with Gasteiger partial charge in [0.2, 0.25) is 5.88 Å². The molecule has 0 aliphatic heterocycles. The summed E-state index contributed by atoms with van der Waals surface area (Å²) in [5.41, 5.74) is 2.17. The second-order valence-corrected chi connectivity index (χ2v) is 4.54. The highest BCUT2D eigenvalue weighted by molar-refractivity contribution is 5.79. The van der Waals surface area contributed by atoms with E-state index in [-0.39, 0.29) is 12.4 Å². The molecule has 0 fully saturated rings. The number of rotatable bonds is 8. The Morgan fingerprint density at radius 2 is 1.86 bits per heavy atom. The number of benzene rings is 1. The van der Waals surface area contributed by atoms with Crippen molar-refractivity contribution < 1.29 is 14.3 Å². The zero-order chi connectivity index (χ0) is 14.9. The van der Waals surface area contributed by atoms with Crippen LogP contribution in [-0.4, -0.2) is 30.6 Å². The van der Waals surface area contributed by atoms with Crippen LogP contribution in [-0.2, 0) is 9.53 Å². The minimum absolute atomic E-state index is 0.0975. The number of ether oxygens (including phenoxy) is 2. The molecule has 1 aromatic heterocycles. The standard InChI is InChI=1S/C17H19NO3/c1-2-16(19)13-20-10-11-21-17-9-8-15(12-18-17)14-6-4-3-5-7-14/h3-9,12H,2,10-11,13H2,1H3. The van der Waals surface area contributed by atoms with Crippen LogP contribution in [0.5, 0.6) is 5.88 Å². The third-order valence-electron chi connectivity index (χ3n) is 2.98. The Balaban J connectivity index is 1.77. The van der Waals surface area contributed by atoms with Crippen LogP contribution in [0.15, 0.2) is 48.7 Å². The monoisotopic (exact) mass is 285 g/mol. The number of aromatic nitrogens is 1. The topological polar surface area (TPSA) is 48.4 Å². The summed E-state index contributed by atoms with van der Waals surface area (Å²) in [5, 5.41) is 0. The van der Waals surface area contributed by atoms with Crippen molar-refractivity contribution in [3.05, 3.63) is 48.7 Å². The van der Waals surface area contributed by atoms with Gasteiger partial charge in [0.25, 0.3) is 0 Å². The molecule has 0 saturated carbocycles. The molecular formula is C17H19NO3. The lowest BCUT2D eigenvalue weighted by atomic mass is 10.1. The predicted molar refractivity (Wildman–Crippen MR) is 81.3 cm³/mol. The summed E-state index contributed by atoms with van der Waals surface area (Å²) in [4.78, 5) is 15.3. The van der Waals surface area contributed by atoms with Gasteiger partial charge in [-0.3, -0.25) is 4.79 Å². The molecule has 0 bridgehead atoms. The Bertz CT molecular complexity index is 552. The molecule has 0 unspecified atom stereocenters. The number of hydrogen-bond acceptors (Lipinski definition) is 4. The van der Waals surface area contributed by atoms with Crippen LogP contribution in [0.25, 0.3) is 11.1 Å². The van der Waals surface area contributed by atoms with E-state index < -0.39 is 0 Å². The molecule has 0 amide bonds. The third-order valence-corrected chi connectivity index (χ3v) is 2.98. The van der Waals surface area contributed by atoms with Crippen molar-refractivity contribution >= 4 is 5.78 Å². The number of pyridine rings is 1. The van der Waals surface area contributed by atoms with Crippen LogP contribution in [0.1, 0.15) is 13.3 Å². The fraction of sp³-hybridized carbons (Fsp3) is 0.294. The summed E-state index contributed by atoms with van der Waals surface area (Å²) in [6.07, 6.45) is 2.29. The lowest BCUT2D eigenvalue weighted by Crippen LogP contribution is -2.12. The smallest absolute Gasteiger partial charge is 0.213 e. The molecule has 4 heteroatoms. The molecule has 0 radical (unpaired) electrons. The molecular weight excluding hydrogens is 266 g/mol. The lowest BCUT2D eigenvalue weighted by molar-refractivity contribution is -0.123. The van der Waals surface area contributed by atoms with Crippen molar-refractivity contribution in [2.75, 3.05) is 19.8 Å². The van der Waals surface area contributed by atoms with E-state index in [9.17, 15) is 4.79 Å². The van der Waals surface area contributed by atoms with Gasteiger partial charge in [0.15, 0.2) is 5.78 Å². The fourth-order valence-electron chi connectivity index (χ4n) is 1.76. The zero-order valence-electron chi connectivity index (χ0n) is 12.1. The van der Waals surface area contributed by atoms with Gasteiger partial charge in [-0.25, -0.2) is 4.98 Å². The largest absolute Gasteiger partial charge is 0.475 e. The van der Waals surface area contributed by atoms with Crippen molar-refractivity contribution in [1.82, 2.24) is 4.98 Å². The molecule has 0 aliphatic rings. The molecule has 1 aromatic carbocycles. The molecule has 0 spiro atoms. The fourth-order valence-corrected chi connectivity index (χ4v) is 1.76. The van der Waals surface area contributed by atoms with E-state index in [1.807, 2.05) is 49.4 Å². The summed E-state index contributed by atoms with van der Waals surface area (Å²) in [5.74, 6) is 0.653. The minimum Gasteiger partial charge on any atom is -0.475 e. The normalized spacial score (nSPS) is 10.3. The summed E-state index contributed by atoms with van der Waals surface area (Å²) >= 11 is 0. The van der Waals surface area contributed by atoms with Gasteiger partial charge >= 0.3 is 0 Å². The van der Waals surface area contributed by atoms with Gasteiger partial charge < -0.3 is 9.47 Å². The maximum absolute atomic E-state index is 11.0. The first-order chi connectivity index (χ1) is 10.3. The van der Waals surface area contributed by atoms with E-state index in [1.54, 1.807) is 6.20 Å². The molecule has 0 saturated heterocycles. The van der Waals surface area contributed by atoms with Crippen LogP contribution >= 0.6 is 0 Å². The first-order valence-electron chi connectivity index (χ1n) is 7.03. The molecule has 21 heavy (non-hydrogen) atoms. The highest BCUT2D eigenvalue weighted by Crippen LogP contribution is 2.19. The van der Waals surface area contributed by atoms with Crippen molar-refractivity contribution in [3.63, 3.8) is 0 Å². The number of ketones is 1. The van der Waals surface area contributed by atoms with Crippen molar-refractivity contribution in [1.29, 1.82) is 0 Å². The van der Waals surface area contributed by atoms with Crippen LogP contribution in [0, 0.1) is 0 Å². The highest BCUT2D eigenvalue weighted by Gasteiger charge is 2.01. The second-order valence-electron chi connectivity index (χ2n) is 4.54. The highest BCUT2D eigenvalue weighted by atomic mass is 16.5. The van der Waals surface area contributed by atoms with Crippen molar-refractivity contribution in [2.45, 2.75) is 13.3 Å². The summed E-state index contributed by atoms with van der Waals surface area (Å²) in [6.45, 7) is 2.74. The average molecular weight is 285 g/mol. The Kier molecular flexibility index (Phi) is 5.91. The van der Waals surface area contributed by atoms with E-state index >= 15 is 0 Å². The SMILES string of the molecule is CCC(=O)COCCOc1ccc(-c2ccccc2)cn1. The number of Topliss-reactive ketones (excluding diaryl/α,β-unsaturated/α-hetero) is 1. The number of carbonyl (C=O) groups is 1.